The van der Waals surface area contributed by atoms with Crippen LogP contribution in [-0.4, -0.2) is 37.2 Å². The van der Waals surface area contributed by atoms with Crippen molar-refractivity contribution >= 4 is 44.0 Å². The number of rotatable bonds is 8. The first-order chi connectivity index (χ1) is 14.3. The summed E-state index contributed by atoms with van der Waals surface area (Å²) in [5, 5.41) is 10.2. The molecule has 1 unspecified atom stereocenters. The molecule has 3 rings (SSSR count). The highest BCUT2D eigenvalue weighted by Gasteiger charge is 2.24. The van der Waals surface area contributed by atoms with Gasteiger partial charge in [0.05, 0.1) is 16.6 Å². The van der Waals surface area contributed by atoms with E-state index >= 15 is 0 Å². The van der Waals surface area contributed by atoms with Gasteiger partial charge in [0.2, 0.25) is 9.47 Å². The summed E-state index contributed by atoms with van der Waals surface area (Å²) < 4.78 is 33.0. The first-order valence-electron chi connectivity index (χ1n) is 8.86. The molecule has 2 aromatic carbocycles. The molecule has 1 atom stereocenters. The fraction of sp³-hybridized carbons (Fsp3) is 0.211. The molecule has 0 spiro atoms. The minimum Gasteiger partial charge on any atom is -0.492 e. The number of nitrogens with one attached hydrogen (secondary N) is 2. The van der Waals surface area contributed by atoms with Crippen molar-refractivity contribution in [1.29, 1.82) is 0 Å². The number of aromatic nitrogens is 2. The van der Waals surface area contributed by atoms with Crippen LogP contribution in [-0.2, 0) is 10.0 Å². The molecule has 0 fully saturated rings. The average molecular weight is 467 g/mol. The van der Waals surface area contributed by atoms with E-state index in [1.54, 1.807) is 31.2 Å². The largest absolute Gasteiger partial charge is 0.492 e. The van der Waals surface area contributed by atoms with Crippen LogP contribution in [0.1, 0.15) is 22.8 Å². The van der Waals surface area contributed by atoms with E-state index in [0.29, 0.717) is 5.75 Å². The number of hydrogen-bond acceptors (Lipinski definition) is 7. The molecule has 0 bridgehead atoms. The van der Waals surface area contributed by atoms with E-state index in [4.69, 9.17) is 16.3 Å². The van der Waals surface area contributed by atoms with Crippen molar-refractivity contribution in [2.24, 2.45) is 0 Å². The van der Waals surface area contributed by atoms with Crippen LogP contribution in [0.2, 0.25) is 5.02 Å². The number of sulfonamides is 1. The molecule has 1 amide bonds. The van der Waals surface area contributed by atoms with E-state index < -0.39 is 22.0 Å². The molecule has 0 radical (unpaired) electrons. The van der Waals surface area contributed by atoms with Gasteiger partial charge in [0.15, 0.2) is 0 Å². The smallest absolute Gasteiger partial charge is 0.270 e. The molecule has 30 heavy (non-hydrogen) atoms. The van der Waals surface area contributed by atoms with Crippen LogP contribution in [0.25, 0.3) is 0 Å². The fourth-order valence-corrected chi connectivity index (χ4v) is 4.82. The molecule has 1 heterocycles. The minimum atomic E-state index is -3.92. The number of hydrogen-bond donors (Lipinski definition) is 2. The Kier molecular flexibility index (Phi) is 7.03. The molecular weight excluding hydrogens is 448 g/mol. The van der Waals surface area contributed by atoms with Crippen molar-refractivity contribution in [3.05, 3.63) is 64.7 Å². The Hall–Kier alpha value is -2.53. The van der Waals surface area contributed by atoms with Crippen molar-refractivity contribution in [1.82, 2.24) is 14.9 Å². The molecule has 158 valence electrons. The summed E-state index contributed by atoms with van der Waals surface area (Å²) >= 11 is 6.73. The molecule has 2 N–H and O–H groups in total. The average Bonchev–Trinajstić information content (AvgIpc) is 3.17. The summed E-state index contributed by atoms with van der Waals surface area (Å²) in [5.41, 5.74) is 1.20. The van der Waals surface area contributed by atoms with Crippen LogP contribution >= 0.6 is 22.9 Å². The quantitative estimate of drug-likeness (QED) is 0.491. The normalized spacial score (nSPS) is 12.4. The molecular formula is C19H19ClN4O4S2. The van der Waals surface area contributed by atoms with Crippen LogP contribution in [0.5, 0.6) is 5.75 Å². The van der Waals surface area contributed by atoms with Gasteiger partial charge in [-0.2, -0.15) is 0 Å². The maximum atomic E-state index is 12.6. The van der Waals surface area contributed by atoms with E-state index in [-0.39, 0.29) is 26.7 Å². The highest BCUT2D eigenvalue weighted by atomic mass is 35.5. The van der Waals surface area contributed by atoms with Crippen molar-refractivity contribution in [3.8, 4) is 5.75 Å². The van der Waals surface area contributed by atoms with Crippen molar-refractivity contribution in [2.75, 3.05) is 11.9 Å². The van der Waals surface area contributed by atoms with Crippen molar-refractivity contribution < 1.29 is 17.9 Å². The monoisotopic (exact) mass is 466 g/mol. The molecule has 0 aliphatic heterocycles. The number of ether oxygens (including phenoxy) is 1. The third-order valence-corrected chi connectivity index (χ3v) is 7.04. The maximum absolute atomic E-state index is 12.6. The van der Waals surface area contributed by atoms with Gasteiger partial charge in [0.25, 0.3) is 15.9 Å². The lowest BCUT2D eigenvalue weighted by atomic mass is 10.2. The third-order valence-electron chi connectivity index (χ3n) is 3.91. The number of halogens is 1. The number of anilines is 1. The molecule has 0 saturated heterocycles. The Labute approximate surface area is 183 Å². The molecule has 3 aromatic rings. The number of para-hydroxylation sites is 1. The van der Waals surface area contributed by atoms with Crippen LogP contribution in [0.3, 0.4) is 0 Å². The van der Waals surface area contributed by atoms with Gasteiger partial charge in [-0.3, -0.25) is 10.1 Å². The van der Waals surface area contributed by atoms with Crippen molar-refractivity contribution in [3.63, 3.8) is 0 Å². The molecule has 8 nitrogen and oxygen atoms in total. The molecule has 11 heteroatoms. The first-order valence-corrected chi connectivity index (χ1v) is 11.5. The Balaban J connectivity index is 1.61. The van der Waals surface area contributed by atoms with Crippen LogP contribution < -0.4 is 14.8 Å². The van der Waals surface area contributed by atoms with E-state index in [1.165, 1.54) is 0 Å². The second kappa shape index (κ2) is 9.52. The second-order valence-corrected chi connectivity index (χ2v) is 9.68. The van der Waals surface area contributed by atoms with Crippen LogP contribution in [0.15, 0.2) is 52.9 Å². The van der Waals surface area contributed by atoms with Crippen LogP contribution in [0.4, 0.5) is 5.13 Å². The summed E-state index contributed by atoms with van der Waals surface area (Å²) in [5.74, 6) is 0.178. The highest BCUT2D eigenvalue weighted by molar-refractivity contribution is 7.91. The molecule has 0 aliphatic carbocycles. The molecule has 1 aromatic heterocycles. The third kappa shape index (κ3) is 5.54. The van der Waals surface area contributed by atoms with Gasteiger partial charge in [-0.1, -0.05) is 53.3 Å². The number of benzene rings is 2. The standard InChI is InChI=1S/C19H19ClN4O4S2/c1-12-7-3-6-10-16(12)28-11-13(2)24-30(26,27)19-23-22-18(29-19)21-17(25)14-8-4-5-9-15(14)20/h3-10,13,24H,11H2,1-2H3,(H,21,22,25). The Morgan fingerprint density at radius 1 is 1.17 bits per heavy atom. The van der Waals surface area contributed by atoms with Gasteiger partial charge in [0.1, 0.15) is 12.4 Å². The summed E-state index contributed by atoms with van der Waals surface area (Å²) in [7, 11) is -3.92. The number of carbonyl (C=O) groups excluding carboxylic acids is 1. The van der Waals surface area contributed by atoms with Gasteiger partial charge in [0, 0.05) is 0 Å². The summed E-state index contributed by atoms with van der Waals surface area (Å²) in [6.45, 7) is 3.72. The zero-order valence-electron chi connectivity index (χ0n) is 16.1. The number of carbonyl (C=O) groups is 1. The van der Waals surface area contributed by atoms with E-state index in [0.717, 1.165) is 16.9 Å². The van der Waals surface area contributed by atoms with Gasteiger partial charge in [-0.05, 0) is 37.6 Å². The van der Waals surface area contributed by atoms with E-state index in [9.17, 15) is 13.2 Å². The van der Waals surface area contributed by atoms with E-state index in [2.05, 4.69) is 20.2 Å². The van der Waals surface area contributed by atoms with Gasteiger partial charge in [-0.25, -0.2) is 13.1 Å². The van der Waals surface area contributed by atoms with Crippen LogP contribution in [0, 0.1) is 6.92 Å². The number of aryl methyl sites for hydroxylation is 1. The Morgan fingerprint density at radius 3 is 2.60 bits per heavy atom. The van der Waals surface area contributed by atoms with Gasteiger partial charge < -0.3 is 4.74 Å². The fourth-order valence-electron chi connectivity index (χ4n) is 2.46. The lowest BCUT2D eigenvalue weighted by molar-refractivity contribution is 0.102. The zero-order chi connectivity index (χ0) is 21.7. The van der Waals surface area contributed by atoms with Gasteiger partial charge in [-0.15, -0.1) is 10.2 Å². The van der Waals surface area contributed by atoms with Crippen molar-refractivity contribution in [2.45, 2.75) is 24.2 Å². The predicted molar refractivity (Wildman–Crippen MR) is 116 cm³/mol. The SMILES string of the molecule is Cc1ccccc1OCC(C)NS(=O)(=O)c1nnc(NC(=O)c2ccccc2Cl)s1. The highest BCUT2D eigenvalue weighted by Crippen LogP contribution is 2.22. The Morgan fingerprint density at radius 2 is 1.87 bits per heavy atom. The predicted octanol–water partition coefficient (Wildman–Crippen LogP) is 3.50. The number of amides is 1. The lowest BCUT2D eigenvalue weighted by Crippen LogP contribution is -2.36. The second-order valence-electron chi connectivity index (χ2n) is 6.41. The zero-order valence-corrected chi connectivity index (χ0v) is 18.5. The summed E-state index contributed by atoms with van der Waals surface area (Å²) in [6.07, 6.45) is 0. The summed E-state index contributed by atoms with van der Waals surface area (Å²) in [6, 6.07) is 13.4. The Bertz CT molecular complexity index is 1150. The maximum Gasteiger partial charge on any atom is 0.270 e. The van der Waals surface area contributed by atoms with E-state index in [1.807, 2.05) is 31.2 Å². The lowest BCUT2D eigenvalue weighted by Gasteiger charge is -2.15. The topological polar surface area (TPSA) is 110 Å². The molecule has 0 saturated carbocycles. The van der Waals surface area contributed by atoms with Gasteiger partial charge >= 0.3 is 0 Å². The number of nitrogens with zero attached hydrogens (tertiary/aromatic N) is 2. The summed E-state index contributed by atoms with van der Waals surface area (Å²) in [4.78, 5) is 12.3. The molecule has 0 aliphatic rings. The minimum absolute atomic E-state index is 0.0455. The first kappa shape index (κ1) is 22.2.